The topological polar surface area (TPSA) is 68.5 Å². The van der Waals surface area contributed by atoms with Crippen molar-refractivity contribution in [2.24, 2.45) is 0 Å². The third-order valence-corrected chi connectivity index (χ3v) is 6.13. The van der Waals surface area contributed by atoms with Crippen LogP contribution in [0.5, 0.6) is 5.75 Å². The highest BCUT2D eigenvalue weighted by atomic mass is 35.5. The third-order valence-electron chi connectivity index (χ3n) is 5.83. The molecular weight excluding hydrogens is 402 g/mol. The number of ether oxygens (including phenoxy) is 1. The summed E-state index contributed by atoms with van der Waals surface area (Å²) in [4.78, 5) is 25.9. The number of aromatic nitrogens is 1. The molecule has 0 bridgehead atoms. The molecule has 30 heavy (non-hydrogen) atoms. The Labute approximate surface area is 180 Å². The van der Waals surface area contributed by atoms with Crippen LogP contribution < -0.4 is 0 Å². The minimum absolute atomic E-state index is 0.0248. The highest BCUT2D eigenvalue weighted by Gasteiger charge is 2.25. The molecule has 0 atom stereocenters. The van der Waals surface area contributed by atoms with E-state index in [4.69, 9.17) is 16.3 Å². The number of phenolic OH excluding ortho intramolecular Hbond substituents is 1. The van der Waals surface area contributed by atoms with Crippen LogP contribution in [0.25, 0.3) is 10.9 Å². The molecule has 4 rings (SSSR count). The second-order valence-electron chi connectivity index (χ2n) is 7.96. The van der Waals surface area contributed by atoms with E-state index < -0.39 is 0 Å². The number of rotatable bonds is 4. The van der Waals surface area contributed by atoms with E-state index in [2.05, 4.69) is 0 Å². The summed E-state index contributed by atoms with van der Waals surface area (Å²) in [5.41, 5.74) is 3.46. The molecule has 1 aliphatic rings. The van der Waals surface area contributed by atoms with Crippen LogP contribution in [-0.4, -0.2) is 27.7 Å². The van der Waals surface area contributed by atoms with Crippen molar-refractivity contribution in [3.05, 3.63) is 63.8 Å². The van der Waals surface area contributed by atoms with Crippen LogP contribution in [0.15, 0.2) is 36.4 Å². The van der Waals surface area contributed by atoms with E-state index in [-0.39, 0.29) is 35.2 Å². The maximum Gasteiger partial charge on any atom is 0.310 e. The average Bonchev–Trinajstić information content (AvgIpc) is 3.30. The van der Waals surface area contributed by atoms with Gasteiger partial charge in [0.1, 0.15) is 11.9 Å². The number of fused-ring (bicyclic) bond motifs is 1. The Hall–Kier alpha value is -2.79. The quantitative estimate of drug-likeness (QED) is 0.573. The van der Waals surface area contributed by atoms with Gasteiger partial charge < -0.3 is 9.84 Å². The summed E-state index contributed by atoms with van der Waals surface area (Å²) in [6.07, 6.45) is 3.96. The van der Waals surface area contributed by atoms with Gasteiger partial charge >= 0.3 is 5.97 Å². The molecule has 156 valence electrons. The fraction of sp³-hybridized carbons (Fsp3) is 0.333. The lowest BCUT2D eigenvalue weighted by atomic mass is 10.1. The van der Waals surface area contributed by atoms with E-state index in [1.54, 1.807) is 29.7 Å². The second kappa shape index (κ2) is 8.15. The predicted molar refractivity (Wildman–Crippen MR) is 116 cm³/mol. The molecule has 3 aromatic rings. The summed E-state index contributed by atoms with van der Waals surface area (Å²) < 4.78 is 7.18. The lowest BCUT2D eigenvalue weighted by Gasteiger charge is -2.11. The van der Waals surface area contributed by atoms with Crippen LogP contribution in [0, 0.1) is 13.8 Å². The zero-order valence-electron chi connectivity index (χ0n) is 17.1. The van der Waals surface area contributed by atoms with E-state index >= 15 is 0 Å². The van der Waals surface area contributed by atoms with Gasteiger partial charge in [0.2, 0.25) is 0 Å². The molecule has 0 saturated heterocycles. The average molecular weight is 426 g/mol. The van der Waals surface area contributed by atoms with Crippen molar-refractivity contribution < 1.29 is 19.4 Å². The molecule has 0 spiro atoms. The Morgan fingerprint density at radius 3 is 2.47 bits per heavy atom. The molecule has 0 aliphatic heterocycles. The van der Waals surface area contributed by atoms with Gasteiger partial charge in [0.15, 0.2) is 0 Å². The molecule has 0 unspecified atom stereocenters. The van der Waals surface area contributed by atoms with E-state index in [0.29, 0.717) is 27.7 Å². The van der Waals surface area contributed by atoms with Crippen LogP contribution in [0.4, 0.5) is 0 Å². The first kappa shape index (κ1) is 20.5. The fourth-order valence-corrected chi connectivity index (χ4v) is 4.33. The Morgan fingerprint density at radius 2 is 1.80 bits per heavy atom. The molecule has 0 radical (unpaired) electrons. The van der Waals surface area contributed by atoms with Crippen molar-refractivity contribution in [1.29, 1.82) is 0 Å². The molecule has 1 saturated carbocycles. The van der Waals surface area contributed by atoms with Gasteiger partial charge in [-0.3, -0.25) is 14.2 Å². The Balaban J connectivity index is 1.77. The number of nitrogens with zero attached hydrogens (tertiary/aromatic N) is 1. The fourth-order valence-electron chi connectivity index (χ4n) is 4.18. The van der Waals surface area contributed by atoms with Crippen molar-refractivity contribution in [2.45, 2.75) is 52.1 Å². The normalized spacial score (nSPS) is 14.4. The van der Waals surface area contributed by atoms with Crippen LogP contribution >= 0.6 is 11.6 Å². The number of carbonyl (C=O) groups excluding carboxylic acids is 2. The van der Waals surface area contributed by atoms with E-state index in [1.807, 2.05) is 19.1 Å². The Morgan fingerprint density at radius 1 is 1.13 bits per heavy atom. The number of aryl methyl sites for hydroxylation is 1. The van der Waals surface area contributed by atoms with Gasteiger partial charge in [-0.2, -0.15) is 0 Å². The summed E-state index contributed by atoms with van der Waals surface area (Å²) in [6, 6.07) is 10.4. The summed E-state index contributed by atoms with van der Waals surface area (Å²) in [7, 11) is 0. The van der Waals surface area contributed by atoms with Crippen molar-refractivity contribution in [3.8, 4) is 5.75 Å². The molecule has 1 N–H and O–H groups in total. The second-order valence-corrected chi connectivity index (χ2v) is 8.37. The lowest BCUT2D eigenvalue weighted by molar-refractivity contribution is -0.147. The Kier molecular flexibility index (Phi) is 5.56. The maximum atomic E-state index is 13.3. The molecule has 2 aromatic carbocycles. The van der Waals surface area contributed by atoms with Gasteiger partial charge in [0.05, 0.1) is 17.0 Å². The van der Waals surface area contributed by atoms with Crippen molar-refractivity contribution in [2.75, 3.05) is 0 Å². The molecular formula is C24H24ClNO4. The molecule has 1 aromatic heterocycles. The number of esters is 1. The summed E-state index contributed by atoms with van der Waals surface area (Å²) >= 11 is 6.15. The number of hydrogen-bond donors (Lipinski definition) is 1. The minimum atomic E-state index is -0.318. The largest absolute Gasteiger partial charge is 0.506 e. The number of benzene rings is 2. The van der Waals surface area contributed by atoms with Gasteiger partial charge in [-0.15, -0.1) is 0 Å². The van der Waals surface area contributed by atoms with Crippen LogP contribution in [-0.2, 0) is 16.0 Å². The van der Waals surface area contributed by atoms with Gasteiger partial charge in [0, 0.05) is 16.6 Å². The first-order valence-electron chi connectivity index (χ1n) is 10.2. The molecule has 1 fully saturated rings. The van der Waals surface area contributed by atoms with Crippen LogP contribution in [0.1, 0.15) is 52.9 Å². The van der Waals surface area contributed by atoms with Gasteiger partial charge in [-0.25, -0.2) is 0 Å². The number of phenols is 1. The van der Waals surface area contributed by atoms with Gasteiger partial charge in [-0.05, 0) is 69.4 Å². The monoisotopic (exact) mass is 425 g/mol. The van der Waals surface area contributed by atoms with E-state index in [1.165, 1.54) is 6.07 Å². The van der Waals surface area contributed by atoms with Crippen LogP contribution in [0.2, 0.25) is 5.02 Å². The molecule has 1 heterocycles. The number of hydrogen-bond acceptors (Lipinski definition) is 4. The lowest BCUT2D eigenvalue weighted by Crippen LogP contribution is -2.17. The highest BCUT2D eigenvalue weighted by molar-refractivity contribution is 6.33. The SMILES string of the molecule is Cc1ccc(C(=O)n2c(C)c(CC(=O)OC3CCCC3)c3cc(O)c(Cl)cc32)cc1. The first-order chi connectivity index (χ1) is 14.3. The summed E-state index contributed by atoms with van der Waals surface area (Å²) in [6.45, 7) is 3.76. The zero-order valence-corrected chi connectivity index (χ0v) is 17.8. The highest BCUT2D eigenvalue weighted by Crippen LogP contribution is 2.35. The third kappa shape index (κ3) is 3.82. The molecule has 6 heteroatoms. The van der Waals surface area contributed by atoms with E-state index in [9.17, 15) is 14.7 Å². The summed E-state index contributed by atoms with van der Waals surface area (Å²) in [5, 5.41) is 10.9. The molecule has 0 amide bonds. The standard InChI is InChI=1S/C24H24ClNO4/c1-14-7-9-16(10-8-14)24(29)26-15(2)18(12-23(28)30-17-5-3-4-6-17)19-11-22(27)20(25)13-21(19)26/h7-11,13,17,27H,3-6,12H2,1-2H3. The van der Waals surface area contributed by atoms with Gasteiger partial charge in [0.25, 0.3) is 5.91 Å². The zero-order chi connectivity index (χ0) is 21.4. The summed E-state index contributed by atoms with van der Waals surface area (Å²) in [5.74, 6) is -0.620. The van der Waals surface area contributed by atoms with Crippen LogP contribution in [0.3, 0.4) is 0 Å². The maximum absolute atomic E-state index is 13.3. The molecule has 1 aliphatic carbocycles. The smallest absolute Gasteiger partial charge is 0.310 e. The number of halogens is 1. The van der Waals surface area contributed by atoms with E-state index in [0.717, 1.165) is 31.2 Å². The van der Waals surface area contributed by atoms with Crippen molar-refractivity contribution >= 4 is 34.4 Å². The van der Waals surface area contributed by atoms with Gasteiger partial charge in [-0.1, -0.05) is 29.3 Å². The first-order valence-corrected chi connectivity index (χ1v) is 10.6. The number of carbonyl (C=O) groups is 2. The molecule has 5 nitrogen and oxygen atoms in total. The predicted octanol–water partition coefficient (Wildman–Crippen LogP) is 5.33. The van der Waals surface area contributed by atoms with Crippen molar-refractivity contribution in [1.82, 2.24) is 4.57 Å². The van der Waals surface area contributed by atoms with Crippen molar-refractivity contribution in [3.63, 3.8) is 0 Å². The Bertz CT molecular complexity index is 1120. The number of aromatic hydroxyl groups is 1. The minimum Gasteiger partial charge on any atom is -0.506 e.